The van der Waals surface area contributed by atoms with E-state index in [9.17, 15) is 9.59 Å². The maximum absolute atomic E-state index is 13.9. The van der Waals surface area contributed by atoms with Crippen LogP contribution in [0.4, 0.5) is 5.69 Å². The highest BCUT2D eigenvalue weighted by atomic mass is 16.5. The molecule has 0 saturated carbocycles. The van der Waals surface area contributed by atoms with Crippen LogP contribution in [0.1, 0.15) is 22.0 Å². The Morgan fingerprint density at radius 1 is 0.721 bits per heavy atom. The Morgan fingerprint density at radius 3 is 2.09 bits per heavy atom. The Morgan fingerprint density at radius 2 is 1.42 bits per heavy atom. The fourth-order valence-corrected chi connectivity index (χ4v) is 4.70. The van der Waals surface area contributed by atoms with Gasteiger partial charge in [-0.05, 0) is 36.4 Å². The number of aromatic nitrogens is 1. The predicted octanol–water partition coefficient (Wildman–Crippen LogP) is 6.47. The Kier molecular flexibility index (Phi) is 8.71. The first-order valence-electron chi connectivity index (χ1n) is 13.4. The number of carbonyl (C=O) groups excluding carboxylic acids is 2. The first-order chi connectivity index (χ1) is 20.9. The van der Waals surface area contributed by atoms with Crippen molar-refractivity contribution in [2.75, 3.05) is 33.8 Å². The minimum atomic E-state index is -1.24. The van der Waals surface area contributed by atoms with E-state index in [1.807, 2.05) is 18.2 Å². The summed E-state index contributed by atoms with van der Waals surface area (Å²) in [6.07, 6.45) is -1.24. The molecule has 1 amide bonds. The van der Waals surface area contributed by atoms with E-state index in [4.69, 9.17) is 28.7 Å². The average molecular weight is 579 g/mol. The van der Waals surface area contributed by atoms with Crippen molar-refractivity contribution in [1.29, 1.82) is 0 Å². The zero-order valence-electron chi connectivity index (χ0n) is 24.1. The zero-order chi connectivity index (χ0) is 30.3. The van der Waals surface area contributed by atoms with E-state index in [2.05, 4.69) is 5.32 Å². The van der Waals surface area contributed by atoms with Crippen LogP contribution in [0.15, 0.2) is 97.1 Å². The number of pyridine rings is 1. The highest BCUT2D eigenvalue weighted by molar-refractivity contribution is 6.06. The van der Waals surface area contributed by atoms with Crippen LogP contribution in [0.2, 0.25) is 0 Å². The Hall–Kier alpha value is -5.57. The second-order valence-corrected chi connectivity index (χ2v) is 9.40. The second-order valence-electron chi connectivity index (χ2n) is 9.40. The van der Waals surface area contributed by atoms with Gasteiger partial charge in [0.1, 0.15) is 5.75 Å². The minimum absolute atomic E-state index is 0.240. The van der Waals surface area contributed by atoms with Crippen LogP contribution in [-0.4, -0.2) is 45.3 Å². The number of esters is 1. The third kappa shape index (κ3) is 6.20. The largest absolute Gasteiger partial charge is 0.497 e. The van der Waals surface area contributed by atoms with Crippen LogP contribution < -0.4 is 24.3 Å². The summed E-state index contributed by atoms with van der Waals surface area (Å²) in [6.45, 7) is 0. The minimum Gasteiger partial charge on any atom is -0.497 e. The summed E-state index contributed by atoms with van der Waals surface area (Å²) in [5, 5.41) is 3.41. The summed E-state index contributed by atoms with van der Waals surface area (Å²) >= 11 is 0. The Balaban J connectivity index is 1.55. The lowest BCUT2D eigenvalue weighted by molar-refractivity contribution is -0.125. The van der Waals surface area contributed by atoms with E-state index in [1.165, 1.54) is 21.3 Å². The first kappa shape index (κ1) is 28.9. The standard InChI is InChI=1S/C34H30N2O7/c1-39-24-14-10-13-23(19-24)35-33(37)31(21-11-6-5-7-12-21)43-34(38)26-20-28(36-27-16-9-8-15-25(26)27)22-17-29(40-2)32(42-4)30(18-22)41-3/h5-20,31H,1-4H3,(H,35,37). The molecule has 43 heavy (non-hydrogen) atoms. The van der Waals surface area contributed by atoms with E-state index in [0.29, 0.717) is 56.4 Å². The highest BCUT2D eigenvalue weighted by Crippen LogP contribution is 2.41. The van der Waals surface area contributed by atoms with Gasteiger partial charge < -0.3 is 29.0 Å². The third-order valence-electron chi connectivity index (χ3n) is 6.80. The van der Waals surface area contributed by atoms with Crippen molar-refractivity contribution in [1.82, 2.24) is 4.98 Å². The molecule has 218 valence electrons. The average Bonchev–Trinajstić information content (AvgIpc) is 3.06. The van der Waals surface area contributed by atoms with Gasteiger partial charge in [-0.15, -0.1) is 0 Å². The lowest BCUT2D eigenvalue weighted by Gasteiger charge is -2.19. The number of benzene rings is 4. The van der Waals surface area contributed by atoms with E-state index >= 15 is 0 Å². The Labute approximate surface area is 248 Å². The monoisotopic (exact) mass is 578 g/mol. The molecular weight excluding hydrogens is 548 g/mol. The quantitative estimate of drug-likeness (QED) is 0.188. The normalized spacial score (nSPS) is 11.3. The van der Waals surface area contributed by atoms with E-state index < -0.39 is 18.0 Å². The molecule has 9 nitrogen and oxygen atoms in total. The molecule has 0 radical (unpaired) electrons. The fourth-order valence-electron chi connectivity index (χ4n) is 4.70. The van der Waals surface area contributed by atoms with E-state index in [1.54, 1.807) is 86.0 Å². The number of ether oxygens (including phenoxy) is 5. The van der Waals surface area contributed by atoms with Gasteiger partial charge in [0, 0.05) is 28.3 Å². The molecule has 1 heterocycles. The number of fused-ring (bicyclic) bond motifs is 1. The molecule has 0 aliphatic carbocycles. The lowest BCUT2D eigenvalue weighted by atomic mass is 10.0. The van der Waals surface area contributed by atoms with E-state index in [-0.39, 0.29) is 5.56 Å². The van der Waals surface area contributed by atoms with Gasteiger partial charge in [-0.1, -0.05) is 54.6 Å². The molecule has 0 aliphatic rings. The number of nitrogens with one attached hydrogen (secondary N) is 1. The zero-order valence-corrected chi connectivity index (χ0v) is 24.1. The molecule has 0 aliphatic heterocycles. The van der Waals surface area contributed by atoms with Crippen LogP contribution in [0.25, 0.3) is 22.2 Å². The van der Waals surface area contributed by atoms with Gasteiger partial charge in [-0.25, -0.2) is 9.78 Å². The molecule has 9 heteroatoms. The van der Waals surface area contributed by atoms with Gasteiger partial charge in [0.15, 0.2) is 11.5 Å². The number of carbonyl (C=O) groups is 2. The van der Waals surface area contributed by atoms with Gasteiger partial charge in [-0.2, -0.15) is 0 Å². The second kappa shape index (κ2) is 12.9. The molecule has 1 N–H and O–H groups in total. The summed E-state index contributed by atoms with van der Waals surface area (Å²) in [7, 11) is 6.12. The van der Waals surface area contributed by atoms with Crippen molar-refractivity contribution in [3.8, 4) is 34.3 Å². The maximum atomic E-state index is 13.9. The maximum Gasteiger partial charge on any atom is 0.340 e. The number of anilines is 1. The third-order valence-corrected chi connectivity index (χ3v) is 6.80. The summed E-state index contributed by atoms with van der Waals surface area (Å²) in [4.78, 5) is 32.3. The summed E-state index contributed by atoms with van der Waals surface area (Å²) in [5.74, 6) is 0.678. The molecule has 0 bridgehead atoms. The molecule has 1 unspecified atom stereocenters. The number of para-hydroxylation sites is 1. The summed E-state index contributed by atoms with van der Waals surface area (Å²) in [5.41, 5.74) is 2.92. The molecule has 0 spiro atoms. The molecule has 5 aromatic rings. The van der Waals surface area contributed by atoms with Crippen molar-refractivity contribution < 1.29 is 33.3 Å². The van der Waals surface area contributed by atoms with Crippen LogP contribution in [0.3, 0.4) is 0 Å². The summed E-state index contributed by atoms with van der Waals surface area (Å²) < 4.78 is 27.7. The Bertz CT molecular complexity index is 1750. The van der Waals surface area contributed by atoms with Crippen molar-refractivity contribution >= 4 is 28.5 Å². The van der Waals surface area contributed by atoms with Crippen molar-refractivity contribution in [2.24, 2.45) is 0 Å². The van der Waals surface area contributed by atoms with E-state index in [0.717, 1.165) is 0 Å². The molecule has 1 atom stereocenters. The SMILES string of the molecule is COc1cccc(NC(=O)C(OC(=O)c2cc(-c3cc(OC)c(OC)c(OC)c3)nc3ccccc23)c2ccccc2)c1. The number of nitrogens with zero attached hydrogens (tertiary/aromatic N) is 1. The predicted molar refractivity (Wildman–Crippen MR) is 163 cm³/mol. The molecular formula is C34H30N2O7. The molecule has 0 saturated heterocycles. The van der Waals surface area contributed by atoms with Gasteiger partial charge in [0.2, 0.25) is 11.9 Å². The number of rotatable bonds is 10. The smallest absolute Gasteiger partial charge is 0.340 e. The van der Waals surface area contributed by atoms with Crippen LogP contribution in [0, 0.1) is 0 Å². The van der Waals surface area contributed by atoms with Gasteiger partial charge in [0.25, 0.3) is 5.91 Å². The van der Waals surface area contributed by atoms with Crippen LogP contribution in [0.5, 0.6) is 23.0 Å². The molecule has 5 rings (SSSR count). The van der Waals surface area contributed by atoms with Crippen molar-refractivity contribution in [2.45, 2.75) is 6.10 Å². The fraction of sp³-hybridized carbons (Fsp3) is 0.147. The number of hydrogen-bond acceptors (Lipinski definition) is 8. The number of methoxy groups -OCH3 is 4. The van der Waals surface area contributed by atoms with Crippen molar-refractivity contribution in [3.63, 3.8) is 0 Å². The van der Waals surface area contributed by atoms with Gasteiger partial charge in [-0.3, -0.25) is 4.79 Å². The molecule has 0 fully saturated rings. The number of amides is 1. The van der Waals surface area contributed by atoms with Crippen LogP contribution in [-0.2, 0) is 9.53 Å². The van der Waals surface area contributed by atoms with Gasteiger partial charge >= 0.3 is 5.97 Å². The lowest BCUT2D eigenvalue weighted by Crippen LogP contribution is -2.26. The van der Waals surface area contributed by atoms with Crippen molar-refractivity contribution in [3.05, 3.63) is 108 Å². The first-order valence-corrected chi connectivity index (χ1v) is 13.4. The molecule has 4 aromatic carbocycles. The molecule has 1 aromatic heterocycles. The summed E-state index contributed by atoms with van der Waals surface area (Å²) in [6, 6.07) is 28.1. The highest BCUT2D eigenvalue weighted by Gasteiger charge is 2.27. The van der Waals surface area contributed by atoms with Gasteiger partial charge in [0.05, 0.1) is 45.2 Å². The van der Waals surface area contributed by atoms with Crippen LogP contribution >= 0.6 is 0 Å². The topological polar surface area (TPSA) is 105 Å². The number of hydrogen-bond donors (Lipinski definition) is 1.